The Kier molecular flexibility index (Phi) is 5.40. The summed E-state index contributed by atoms with van der Waals surface area (Å²) in [4.78, 5) is 28.2. The van der Waals surface area contributed by atoms with Gasteiger partial charge in [-0.3, -0.25) is 9.78 Å². The first-order valence-corrected chi connectivity index (χ1v) is 8.20. The van der Waals surface area contributed by atoms with E-state index < -0.39 is 11.9 Å². The second-order valence-corrected chi connectivity index (χ2v) is 5.97. The summed E-state index contributed by atoms with van der Waals surface area (Å²) in [6, 6.07) is 11.1. The van der Waals surface area contributed by atoms with Crippen LogP contribution in [0.5, 0.6) is 0 Å². The van der Waals surface area contributed by atoms with Gasteiger partial charge in [0.05, 0.1) is 18.5 Å². The average Bonchev–Trinajstić information content (AvgIpc) is 3.16. The van der Waals surface area contributed by atoms with Gasteiger partial charge in [0.1, 0.15) is 6.61 Å². The molecule has 1 aromatic carbocycles. The van der Waals surface area contributed by atoms with E-state index in [4.69, 9.17) is 9.47 Å². The summed E-state index contributed by atoms with van der Waals surface area (Å²) in [6.07, 6.45) is 2.47. The first-order chi connectivity index (χ1) is 12.1. The first kappa shape index (κ1) is 17.1. The lowest BCUT2D eigenvalue weighted by Gasteiger charge is -2.13. The second kappa shape index (κ2) is 7.90. The first-order valence-electron chi connectivity index (χ1n) is 8.20. The fraction of sp³-hybridized carbons (Fsp3) is 0.316. The molecule has 0 bridgehead atoms. The number of amides is 1. The maximum Gasteiger partial charge on any atom is 0.397 e. The summed E-state index contributed by atoms with van der Waals surface area (Å²) in [5.74, 6) is -1.46. The zero-order valence-electron chi connectivity index (χ0n) is 14.0. The molecule has 130 valence electrons. The van der Waals surface area contributed by atoms with Crippen molar-refractivity contribution >= 4 is 17.6 Å². The third-order valence-electron chi connectivity index (χ3n) is 4.15. The molecule has 1 saturated heterocycles. The normalized spacial score (nSPS) is 16.4. The average molecular weight is 340 g/mol. The van der Waals surface area contributed by atoms with E-state index in [0.717, 1.165) is 29.8 Å². The van der Waals surface area contributed by atoms with Crippen molar-refractivity contribution in [2.45, 2.75) is 25.9 Å². The zero-order valence-corrected chi connectivity index (χ0v) is 14.0. The largest absolute Gasteiger partial charge is 0.454 e. The zero-order chi connectivity index (χ0) is 17.6. The molecular formula is C19H20N2O4. The Morgan fingerprint density at radius 3 is 2.84 bits per heavy atom. The number of rotatable bonds is 4. The number of anilines is 1. The van der Waals surface area contributed by atoms with Crippen molar-refractivity contribution in [1.82, 2.24) is 4.98 Å². The smallest absolute Gasteiger partial charge is 0.397 e. The lowest BCUT2D eigenvalue weighted by atomic mass is 9.97. The summed E-state index contributed by atoms with van der Waals surface area (Å²) < 4.78 is 10.4. The SMILES string of the molecule is Cc1ncc(NC(=O)C(=O)OCc2ccccc2)cc1C1CCOC1. The van der Waals surface area contributed by atoms with E-state index in [2.05, 4.69) is 10.3 Å². The van der Waals surface area contributed by atoms with Crippen LogP contribution < -0.4 is 5.32 Å². The molecule has 1 unspecified atom stereocenters. The molecule has 1 aliphatic heterocycles. The van der Waals surface area contributed by atoms with Crippen molar-refractivity contribution in [2.24, 2.45) is 0 Å². The predicted molar refractivity (Wildman–Crippen MR) is 92.0 cm³/mol. The van der Waals surface area contributed by atoms with Crippen molar-refractivity contribution in [3.8, 4) is 0 Å². The van der Waals surface area contributed by atoms with Crippen molar-refractivity contribution < 1.29 is 19.1 Å². The van der Waals surface area contributed by atoms with Gasteiger partial charge >= 0.3 is 11.9 Å². The molecule has 25 heavy (non-hydrogen) atoms. The van der Waals surface area contributed by atoms with Crippen molar-refractivity contribution in [3.63, 3.8) is 0 Å². The summed E-state index contributed by atoms with van der Waals surface area (Å²) in [7, 11) is 0. The molecule has 2 aromatic rings. The molecule has 1 fully saturated rings. The number of esters is 1. The van der Waals surface area contributed by atoms with Gasteiger partial charge in [-0.15, -0.1) is 0 Å². The molecule has 1 aromatic heterocycles. The number of aromatic nitrogens is 1. The summed E-state index contributed by atoms with van der Waals surface area (Å²) >= 11 is 0. The number of carbonyl (C=O) groups is 2. The molecule has 1 amide bonds. The molecule has 0 aliphatic carbocycles. The number of pyridine rings is 1. The number of hydrogen-bond donors (Lipinski definition) is 1. The number of nitrogens with zero attached hydrogens (tertiary/aromatic N) is 1. The van der Waals surface area contributed by atoms with Crippen LogP contribution >= 0.6 is 0 Å². The Labute approximate surface area is 146 Å². The summed E-state index contributed by atoms with van der Waals surface area (Å²) in [5, 5.41) is 2.55. The molecular weight excluding hydrogens is 320 g/mol. The third kappa shape index (κ3) is 4.42. The summed E-state index contributed by atoms with van der Waals surface area (Å²) in [6.45, 7) is 3.36. The van der Waals surface area contributed by atoms with Crippen LogP contribution in [0.3, 0.4) is 0 Å². The van der Waals surface area contributed by atoms with Gasteiger partial charge < -0.3 is 14.8 Å². The monoisotopic (exact) mass is 340 g/mol. The lowest BCUT2D eigenvalue weighted by Crippen LogP contribution is -2.25. The minimum atomic E-state index is -0.921. The van der Waals surface area contributed by atoms with Crippen LogP contribution in [0.25, 0.3) is 0 Å². The molecule has 0 radical (unpaired) electrons. The summed E-state index contributed by atoms with van der Waals surface area (Å²) in [5.41, 5.74) is 3.24. The highest BCUT2D eigenvalue weighted by Crippen LogP contribution is 2.28. The molecule has 6 nitrogen and oxygen atoms in total. The standard InChI is InChI=1S/C19H20N2O4/c1-13-17(15-7-8-24-12-15)9-16(10-20-13)21-18(22)19(23)25-11-14-5-3-2-4-6-14/h2-6,9-10,15H,7-8,11-12H2,1H3,(H,21,22). The van der Waals surface area contributed by atoms with Crippen molar-refractivity contribution in [1.29, 1.82) is 0 Å². The number of benzene rings is 1. The molecule has 1 aliphatic rings. The van der Waals surface area contributed by atoms with E-state index in [0.29, 0.717) is 12.3 Å². The fourth-order valence-electron chi connectivity index (χ4n) is 2.78. The van der Waals surface area contributed by atoms with Gasteiger partial charge in [-0.25, -0.2) is 4.79 Å². The molecule has 0 spiro atoms. The van der Waals surface area contributed by atoms with E-state index in [1.165, 1.54) is 6.20 Å². The quantitative estimate of drug-likeness (QED) is 0.684. The van der Waals surface area contributed by atoms with E-state index in [1.807, 2.05) is 43.3 Å². The minimum absolute atomic E-state index is 0.0594. The van der Waals surface area contributed by atoms with Crippen LogP contribution in [-0.4, -0.2) is 30.1 Å². The third-order valence-corrected chi connectivity index (χ3v) is 4.15. The van der Waals surface area contributed by atoms with E-state index in [-0.39, 0.29) is 12.5 Å². The topological polar surface area (TPSA) is 77.5 Å². The Hall–Kier alpha value is -2.73. The number of carbonyl (C=O) groups excluding carboxylic acids is 2. The van der Waals surface area contributed by atoms with Crippen LogP contribution in [-0.2, 0) is 25.7 Å². The van der Waals surface area contributed by atoms with Crippen LogP contribution in [0, 0.1) is 6.92 Å². The van der Waals surface area contributed by atoms with Crippen LogP contribution in [0.15, 0.2) is 42.6 Å². The Bertz CT molecular complexity index is 755. The van der Waals surface area contributed by atoms with Crippen molar-refractivity contribution in [3.05, 3.63) is 59.4 Å². The maximum atomic E-state index is 12.0. The van der Waals surface area contributed by atoms with Gasteiger partial charge in [0.15, 0.2) is 0 Å². The van der Waals surface area contributed by atoms with Crippen LogP contribution in [0.4, 0.5) is 5.69 Å². The number of aryl methyl sites for hydroxylation is 1. The highest BCUT2D eigenvalue weighted by atomic mass is 16.5. The van der Waals surface area contributed by atoms with Gasteiger partial charge in [0, 0.05) is 18.2 Å². The number of ether oxygens (including phenoxy) is 2. The van der Waals surface area contributed by atoms with Gasteiger partial charge in [-0.05, 0) is 30.5 Å². The fourth-order valence-corrected chi connectivity index (χ4v) is 2.78. The molecule has 1 atom stereocenters. The molecule has 0 saturated carbocycles. The molecule has 1 N–H and O–H groups in total. The minimum Gasteiger partial charge on any atom is -0.454 e. The van der Waals surface area contributed by atoms with E-state index in [9.17, 15) is 9.59 Å². The van der Waals surface area contributed by atoms with Crippen LogP contribution in [0.1, 0.15) is 29.2 Å². The Morgan fingerprint density at radius 2 is 2.12 bits per heavy atom. The highest BCUT2D eigenvalue weighted by molar-refractivity contribution is 6.37. The maximum absolute atomic E-state index is 12.0. The van der Waals surface area contributed by atoms with Gasteiger partial charge in [0.2, 0.25) is 0 Å². The lowest BCUT2D eigenvalue weighted by molar-refractivity contribution is -0.153. The van der Waals surface area contributed by atoms with Gasteiger partial charge in [-0.1, -0.05) is 30.3 Å². The second-order valence-electron chi connectivity index (χ2n) is 5.97. The number of nitrogens with one attached hydrogen (secondary N) is 1. The highest BCUT2D eigenvalue weighted by Gasteiger charge is 2.22. The molecule has 2 heterocycles. The molecule has 6 heteroatoms. The Morgan fingerprint density at radius 1 is 1.32 bits per heavy atom. The van der Waals surface area contributed by atoms with Crippen molar-refractivity contribution in [2.75, 3.05) is 18.5 Å². The van der Waals surface area contributed by atoms with E-state index >= 15 is 0 Å². The van der Waals surface area contributed by atoms with Crippen LogP contribution in [0.2, 0.25) is 0 Å². The van der Waals surface area contributed by atoms with Gasteiger partial charge in [0.25, 0.3) is 0 Å². The van der Waals surface area contributed by atoms with Gasteiger partial charge in [-0.2, -0.15) is 0 Å². The number of hydrogen-bond acceptors (Lipinski definition) is 5. The predicted octanol–water partition coefficient (Wildman–Crippen LogP) is 2.58. The Balaban J connectivity index is 1.60. The molecule has 3 rings (SSSR count). The van der Waals surface area contributed by atoms with E-state index in [1.54, 1.807) is 0 Å².